The lowest BCUT2D eigenvalue weighted by atomic mass is 9.97. The summed E-state index contributed by atoms with van der Waals surface area (Å²) in [6.07, 6.45) is -23.7. The van der Waals surface area contributed by atoms with Gasteiger partial charge < -0.3 is 69.6 Å². The van der Waals surface area contributed by atoms with Crippen molar-refractivity contribution in [3.05, 3.63) is 0 Å². The molecule has 186 valence electrons. The first-order valence-electron chi connectivity index (χ1n) is 9.84. The monoisotopic (exact) mass is 472 g/mol. The predicted octanol–water partition coefficient (Wildman–Crippen LogP) is -5.81. The Bertz CT molecular complexity index is 649. The molecule has 0 aromatic rings. The molecule has 0 saturated carbocycles. The lowest BCUT2D eigenvalue weighted by Gasteiger charge is -2.46. The molecule has 3 aliphatic rings. The average molecular weight is 472 g/mol. The summed E-state index contributed by atoms with van der Waals surface area (Å²) in [6, 6.07) is 0. The fourth-order valence-electron chi connectivity index (χ4n) is 3.66. The standard InChI is InChI=1S/C17H28O15/c1-3-5(19)7(21)10(24)16(29-3)32-12-6(20)4(18)2-28-17(12)31-11-8(22)9(23)15(27)30-13(11)14(25)26/h3-13,15-24,27H,2H2,1H3,(H,25,26)/t3-,4-,5-,6-,7+,8+,9+,10+,11-,12+,13-,15+,16-,17-/m0/s1. The van der Waals surface area contributed by atoms with Crippen molar-refractivity contribution in [3.8, 4) is 0 Å². The number of rotatable bonds is 5. The second-order valence-electron chi connectivity index (χ2n) is 7.91. The van der Waals surface area contributed by atoms with Crippen molar-refractivity contribution in [2.75, 3.05) is 6.61 Å². The summed E-state index contributed by atoms with van der Waals surface area (Å²) in [5.41, 5.74) is 0. The highest BCUT2D eigenvalue weighted by molar-refractivity contribution is 5.73. The Kier molecular flexibility index (Phi) is 8.04. The number of aliphatic hydroxyl groups is 8. The van der Waals surface area contributed by atoms with Crippen LogP contribution in [0.3, 0.4) is 0 Å². The molecule has 0 bridgehead atoms. The minimum absolute atomic E-state index is 0.496. The summed E-state index contributed by atoms with van der Waals surface area (Å²) in [6.45, 7) is 0.886. The Morgan fingerprint density at radius 2 is 1.38 bits per heavy atom. The van der Waals surface area contributed by atoms with E-state index in [0.717, 1.165) is 0 Å². The zero-order chi connectivity index (χ0) is 23.9. The Hall–Kier alpha value is -1.05. The highest BCUT2D eigenvalue weighted by Crippen LogP contribution is 2.31. The van der Waals surface area contributed by atoms with Gasteiger partial charge in [-0.25, -0.2) is 4.79 Å². The molecule has 0 aromatic heterocycles. The fraction of sp³-hybridized carbons (Fsp3) is 0.941. The summed E-state index contributed by atoms with van der Waals surface area (Å²) in [5, 5.41) is 89.1. The number of carboxylic acid groups (broad SMARTS) is 1. The average Bonchev–Trinajstić information content (AvgIpc) is 2.74. The number of hydrogen-bond donors (Lipinski definition) is 9. The number of ether oxygens (including phenoxy) is 5. The quantitative estimate of drug-likeness (QED) is 0.181. The first-order valence-corrected chi connectivity index (χ1v) is 9.84. The first kappa shape index (κ1) is 25.6. The Morgan fingerprint density at radius 3 is 2.00 bits per heavy atom. The van der Waals surface area contributed by atoms with Crippen LogP contribution in [0.1, 0.15) is 6.92 Å². The number of carbonyl (C=O) groups is 1. The molecule has 3 rings (SSSR count). The van der Waals surface area contributed by atoms with Gasteiger partial charge in [-0.15, -0.1) is 0 Å². The minimum Gasteiger partial charge on any atom is -0.479 e. The van der Waals surface area contributed by atoms with Crippen molar-refractivity contribution in [3.63, 3.8) is 0 Å². The van der Waals surface area contributed by atoms with Gasteiger partial charge in [-0.2, -0.15) is 0 Å². The molecule has 15 heteroatoms. The van der Waals surface area contributed by atoms with E-state index in [9.17, 15) is 50.8 Å². The zero-order valence-corrected chi connectivity index (χ0v) is 16.8. The second-order valence-corrected chi connectivity index (χ2v) is 7.91. The third kappa shape index (κ3) is 4.90. The van der Waals surface area contributed by atoms with Gasteiger partial charge in [-0.1, -0.05) is 0 Å². The van der Waals surface area contributed by atoms with Crippen molar-refractivity contribution >= 4 is 5.97 Å². The lowest BCUT2D eigenvalue weighted by molar-refractivity contribution is -0.372. The number of carboxylic acids is 1. The lowest BCUT2D eigenvalue weighted by Crippen LogP contribution is -2.65. The number of aliphatic hydroxyl groups excluding tert-OH is 8. The summed E-state index contributed by atoms with van der Waals surface area (Å²) in [7, 11) is 0. The Labute approximate surface area is 180 Å². The summed E-state index contributed by atoms with van der Waals surface area (Å²) < 4.78 is 26.2. The summed E-state index contributed by atoms with van der Waals surface area (Å²) >= 11 is 0. The molecule has 0 unspecified atom stereocenters. The number of hydrogen-bond acceptors (Lipinski definition) is 14. The van der Waals surface area contributed by atoms with Crippen LogP contribution in [-0.4, -0.2) is 145 Å². The van der Waals surface area contributed by atoms with Crippen molar-refractivity contribution in [2.24, 2.45) is 0 Å². The molecule has 3 fully saturated rings. The maximum absolute atomic E-state index is 11.5. The highest BCUT2D eigenvalue weighted by Gasteiger charge is 2.53. The van der Waals surface area contributed by atoms with Crippen LogP contribution in [0.2, 0.25) is 0 Å². The van der Waals surface area contributed by atoms with Gasteiger partial charge in [0.25, 0.3) is 0 Å². The maximum Gasteiger partial charge on any atom is 0.335 e. The maximum atomic E-state index is 11.5. The molecular formula is C17H28O15. The van der Waals surface area contributed by atoms with Gasteiger partial charge in [0.1, 0.15) is 54.9 Å². The van der Waals surface area contributed by atoms with Crippen molar-refractivity contribution < 1.29 is 74.4 Å². The molecule has 0 radical (unpaired) electrons. The van der Waals surface area contributed by atoms with Crippen molar-refractivity contribution in [1.29, 1.82) is 0 Å². The van der Waals surface area contributed by atoms with E-state index in [0.29, 0.717) is 0 Å². The third-order valence-corrected chi connectivity index (χ3v) is 5.63. The van der Waals surface area contributed by atoms with Gasteiger partial charge in [0.2, 0.25) is 0 Å². The minimum atomic E-state index is -2.02. The molecule has 3 heterocycles. The molecule has 0 amide bonds. The first-order chi connectivity index (χ1) is 14.9. The van der Waals surface area contributed by atoms with Gasteiger partial charge in [0.05, 0.1) is 12.7 Å². The Morgan fingerprint density at radius 1 is 0.750 bits per heavy atom. The van der Waals surface area contributed by atoms with Crippen molar-refractivity contribution in [1.82, 2.24) is 0 Å². The summed E-state index contributed by atoms with van der Waals surface area (Å²) in [4.78, 5) is 11.5. The molecule has 32 heavy (non-hydrogen) atoms. The molecule has 9 N–H and O–H groups in total. The molecule has 15 nitrogen and oxygen atoms in total. The molecule has 3 saturated heterocycles. The van der Waals surface area contributed by atoms with Crippen LogP contribution in [0.25, 0.3) is 0 Å². The Balaban J connectivity index is 1.80. The van der Waals surface area contributed by atoms with Gasteiger partial charge >= 0.3 is 5.97 Å². The zero-order valence-electron chi connectivity index (χ0n) is 16.8. The van der Waals surface area contributed by atoms with Crippen LogP contribution in [0, 0.1) is 0 Å². The second kappa shape index (κ2) is 10.1. The molecule has 3 aliphatic heterocycles. The van der Waals surface area contributed by atoms with E-state index in [-0.39, 0.29) is 0 Å². The third-order valence-electron chi connectivity index (χ3n) is 5.63. The van der Waals surface area contributed by atoms with Crippen LogP contribution in [0.15, 0.2) is 0 Å². The van der Waals surface area contributed by atoms with E-state index < -0.39 is 98.6 Å². The molecule has 0 spiro atoms. The van der Waals surface area contributed by atoms with Gasteiger partial charge in [-0.3, -0.25) is 0 Å². The van der Waals surface area contributed by atoms with E-state index in [4.69, 9.17) is 23.7 Å². The smallest absolute Gasteiger partial charge is 0.335 e. The molecule has 14 atom stereocenters. The van der Waals surface area contributed by atoms with Crippen LogP contribution in [0.4, 0.5) is 0 Å². The van der Waals surface area contributed by atoms with Crippen LogP contribution >= 0.6 is 0 Å². The molecule has 0 aliphatic carbocycles. The van der Waals surface area contributed by atoms with Gasteiger partial charge in [-0.05, 0) is 6.92 Å². The number of aliphatic carboxylic acids is 1. The fourth-order valence-corrected chi connectivity index (χ4v) is 3.66. The van der Waals surface area contributed by atoms with Crippen molar-refractivity contribution in [2.45, 2.75) is 92.9 Å². The van der Waals surface area contributed by atoms with Gasteiger partial charge in [0, 0.05) is 0 Å². The van der Waals surface area contributed by atoms with E-state index in [2.05, 4.69) is 0 Å². The van der Waals surface area contributed by atoms with Gasteiger partial charge in [0.15, 0.2) is 25.0 Å². The van der Waals surface area contributed by atoms with Crippen LogP contribution in [-0.2, 0) is 28.5 Å². The normalized spacial score (nSPS) is 52.5. The molecule has 0 aromatic carbocycles. The molecular weight excluding hydrogens is 444 g/mol. The largest absolute Gasteiger partial charge is 0.479 e. The highest BCUT2D eigenvalue weighted by atomic mass is 16.8. The SMILES string of the molecule is C[C@@H]1O[C@@H](O[C@H]2[C@H](O[C@H]3[C@H](O)[C@@H](O)[C@H](O)O[C@@H]3C(=O)O)OC[C@H](O)[C@@H]2O)[C@H](O)[C@H](O)[C@H]1O. The van der Waals surface area contributed by atoms with E-state index >= 15 is 0 Å². The predicted molar refractivity (Wildman–Crippen MR) is 94.4 cm³/mol. The van der Waals surface area contributed by atoms with E-state index in [1.54, 1.807) is 0 Å². The van der Waals surface area contributed by atoms with Crippen LogP contribution in [0.5, 0.6) is 0 Å². The topological polar surface area (TPSA) is 245 Å². The van der Waals surface area contributed by atoms with Crippen LogP contribution < -0.4 is 0 Å². The van der Waals surface area contributed by atoms with E-state index in [1.165, 1.54) is 6.92 Å². The van der Waals surface area contributed by atoms with E-state index in [1.807, 2.05) is 0 Å². The summed E-state index contributed by atoms with van der Waals surface area (Å²) in [5.74, 6) is -1.65.